The molecular formula is C26H40N2O7. The lowest BCUT2D eigenvalue weighted by Crippen LogP contribution is -2.42. The van der Waals surface area contributed by atoms with Gasteiger partial charge in [0.25, 0.3) is 5.91 Å². The van der Waals surface area contributed by atoms with Crippen LogP contribution in [0.4, 0.5) is 4.79 Å². The van der Waals surface area contributed by atoms with Gasteiger partial charge in [-0.25, -0.2) is 4.79 Å². The van der Waals surface area contributed by atoms with E-state index in [0.717, 1.165) is 6.29 Å². The van der Waals surface area contributed by atoms with Gasteiger partial charge in [-0.3, -0.25) is 9.69 Å². The van der Waals surface area contributed by atoms with E-state index in [1.807, 2.05) is 13.8 Å². The Morgan fingerprint density at radius 3 is 2.46 bits per heavy atom. The highest BCUT2D eigenvalue weighted by Gasteiger charge is 2.39. The number of methoxy groups -OCH3 is 2. The molecule has 1 aliphatic rings. The second-order valence-electron chi connectivity index (χ2n) is 10.0. The molecule has 2 atom stereocenters. The number of benzene rings is 1. The van der Waals surface area contributed by atoms with Crippen LogP contribution in [0.15, 0.2) is 18.2 Å². The van der Waals surface area contributed by atoms with Gasteiger partial charge in [0.1, 0.15) is 11.9 Å². The van der Waals surface area contributed by atoms with Gasteiger partial charge in [-0.1, -0.05) is 0 Å². The summed E-state index contributed by atoms with van der Waals surface area (Å²) in [5.74, 6) is 0.846. The summed E-state index contributed by atoms with van der Waals surface area (Å²) in [4.78, 5) is 41.0. The normalized spacial score (nSPS) is 17.9. The van der Waals surface area contributed by atoms with Crippen LogP contribution in [0.25, 0.3) is 0 Å². The summed E-state index contributed by atoms with van der Waals surface area (Å²) in [6.07, 6.45) is 1.46. The lowest BCUT2D eigenvalue weighted by atomic mass is 10.0. The Labute approximate surface area is 208 Å². The smallest absolute Gasteiger partial charge is 0.410 e. The molecule has 0 N–H and O–H groups in total. The molecule has 9 heteroatoms. The van der Waals surface area contributed by atoms with Gasteiger partial charge in [-0.05, 0) is 65.2 Å². The molecule has 0 radical (unpaired) electrons. The molecule has 2 amide bonds. The molecular weight excluding hydrogens is 452 g/mol. The minimum absolute atomic E-state index is 0.0490. The molecule has 1 aliphatic heterocycles. The van der Waals surface area contributed by atoms with E-state index in [0.29, 0.717) is 56.2 Å². The van der Waals surface area contributed by atoms with E-state index in [9.17, 15) is 14.4 Å². The van der Waals surface area contributed by atoms with E-state index < -0.39 is 17.7 Å². The summed E-state index contributed by atoms with van der Waals surface area (Å²) in [7, 11) is 3.19. The molecule has 9 nitrogen and oxygen atoms in total. The molecule has 2 rings (SSSR count). The Morgan fingerprint density at radius 1 is 1.17 bits per heavy atom. The third kappa shape index (κ3) is 8.13. The molecule has 0 aliphatic carbocycles. The first-order chi connectivity index (χ1) is 16.5. The van der Waals surface area contributed by atoms with E-state index >= 15 is 0 Å². The SMILES string of the molecule is COCCCOc1cc(C(=O)N(CC2CC(C=O)N(C(=O)OC(C)(C)C)C2)C(C)C)ccc1OC. The van der Waals surface area contributed by atoms with E-state index in [4.69, 9.17) is 18.9 Å². The number of carbonyl (C=O) groups is 3. The van der Waals surface area contributed by atoms with Gasteiger partial charge in [-0.2, -0.15) is 0 Å². The fourth-order valence-electron chi connectivity index (χ4n) is 4.03. The van der Waals surface area contributed by atoms with Gasteiger partial charge in [-0.15, -0.1) is 0 Å². The van der Waals surface area contributed by atoms with Crippen LogP contribution >= 0.6 is 0 Å². The molecule has 1 aromatic rings. The number of ether oxygens (including phenoxy) is 4. The fraction of sp³-hybridized carbons (Fsp3) is 0.654. The van der Waals surface area contributed by atoms with Crippen LogP contribution in [0.5, 0.6) is 11.5 Å². The third-order valence-corrected chi connectivity index (χ3v) is 5.72. The van der Waals surface area contributed by atoms with Crippen LogP contribution in [0.3, 0.4) is 0 Å². The second-order valence-corrected chi connectivity index (χ2v) is 10.0. The Bertz CT molecular complexity index is 866. The van der Waals surface area contributed by atoms with Crippen molar-refractivity contribution in [3.05, 3.63) is 23.8 Å². The molecule has 35 heavy (non-hydrogen) atoms. The maximum Gasteiger partial charge on any atom is 0.410 e. The number of aldehydes is 1. The highest BCUT2D eigenvalue weighted by atomic mass is 16.6. The number of likely N-dealkylation sites (tertiary alicyclic amines) is 1. The Kier molecular flexibility index (Phi) is 10.4. The number of nitrogens with zero attached hydrogens (tertiary/aromatic N) is 2. The zero-order valence-corrected chi connectivity index (χ0v) is 22.0. The Balaban J connectivity index is 2.15. The predicted molar refractivity (Wildman–Crippen MR) is 132 cm³/mol. The minimum Gasteiger partial charge on any atom is -0.493 e. The van der Waals surface area contributed by atoms with Crippen molar-refractivity contribution in [2.45, 2.75) is 65.1 Å². The number of amides is 2. The molecule has 0 bridgehead atoms. The fourth-order valence-corrected chi connectivity index (χ4v) is 4.03. The highest BCUT2D eigenvalue weighted by Crippen LogP contribution is 2.30. The number of hydrogen-bond donors (Lipinski definition) is 0. The van der Waals surface area contributed by atoms with Gasteiger partial charge >= 0.3 is 6.09 Å². The number of rotatable bonds is 11. The molecule has 2 unspecified atom stereocenters. The summed E-state index contributed by atoms with van der Waals surface area (Å²) in [6, 6.07) is 4.49. The average Bonchev–Trinajstić information content (AvgIpc) is 3.22. The second kappa shape index (κ2) is 12.8. The average molecular weight is 493 g/mol. The maximum absolute atomic E-state index is 13.5. The van der Waals surface area contributed by atoms with Gasteiger partial charge in [0, 0.05) is 44.8 Å². The van der Waals surface area contributed by atoms with Crippen molar-refractivity contribution in [2.75, 3.05) is 40.5 Å². The topological polar surface area (TPSA) is 94.6 Å². The Hall–Kier alpha value is -2.81. The molecule has 196 valence electrons. The zero-order valence-electron chi connectivity index (χ0n) is 22.0. The van der Waals surface area contributed by atoms with E-state index in [-0.39, 0.29) is 17.9 Å². The predicted octanol–water partition coefficient (Wildman–Crippen LogP) is 3.79. The van der Waals surface area contributed by atoms with Crippen molar-refractivity contribution >= 4 is 18.3 Å². The van der Waals surface area contributed by atoms with E-state index in [1.54, 1.807) is 58.1 Å². The van der Waals surface area contributed by atoms with Crippen molar-refractivity contribution in [3.8, 4) is 11.5 Å². The number of carbonyl (C=O) groups excluding carboxylic acids is 3. The molecule has 1 aromatic carbocycles. The quantitative estimate of drug-likeness (QED) is 0.343. The Morgan fingerprint density at radius 2 is 1.89 bits per heavy atom. The van der Waals surface area contributed by atoms with Crippen LogP contribution in [0.1, 0.15) is 57.8 Å². The summed E-state index contributed by atoms with van der Waals surface area (Å²) in [5, 5.41) is 0. The lowest BCUT2D eigenvalue weighted by Gasteiger charge is -2.30. The highest BCUT2D eigenvalue weighted by molar-refractivity contribution is 5.95. The maximum atomic E-state index is 13.5. The van der Waals surface area contributed by atoms with Gasteiger partial charge in [0.15, 0.2) is 11.5 Å². The van der Waals surface area contributed by atoms with E-state index in [1.165, 1.54) is 4.90 Å². The van der Waals surface area contributed by atoms with Crippen molar-refractivity contribution in [1.82, 2.24) is 9.80 Å². The van der Waals surface area contributed by atoms with Crippen molar-refractivity contribution in [2.24, 2.45) is 5.92 Å². The van der Waals surface area contributed by atoms with Crippen LogP contribution < -0.4 is 9.47 Å². The van der Waals surface area contributed by atoms with Crippen LogP contribution in [-0.4, -0.2) is 86.3 Å². The summed E-state index contributed by atoms with van der Waals surface area (Å²) in [6.45, 7) is 11.0. The summed E-state index contributed by atoms with van der Waals surface area (Å²) < 4.78 is 21.7. The zero-order chi connectivity index (χ0) is 26.2. The van der Waals surface area contributed by atoms with Gasteiger partial charge in [0.2, 0.25) is 0 Å². The summed E-state index contributed by atoms with van der Waals surface area (Å²) in [5.41, 5.74) is -0.171. The van der Waals surface area contributed by atoms with Crippen LogP contribution in [-0.2, 0) is 14.3 Å². The standard InChI is InChI=1S/C26H40N2O7/c1-18(2)27(15-19-13-21(17-29)28(16-19)25(31)35-26(3,4)5)24(30)20-9-10-22(33-7)23(14-20)34-12-8-11-32-6/h9-10,14,17-19,21H,8,11-13,15-16H2,1-7H3. The number of hydrogen-bond acceptors (Lipinski definition) is 7. The molecule has 1 fully saturated rings. The first-order valence-electron chi connectivity index (χ1n) is 12.1. The van der Waals surface area contributed by atoms with Crippen molar-refractivity contribution in [1.29, 1.82) is 0 Å². The van der Waals surface area contributed by atoms with Gasteiger partial charge in [0.05, 0.1) is 19.8 Å². The summed E-state index contributed by atoms with van der Waals surface area (Å²) >= 11 is 0. The molecule has 0 spiro atoms. The van der Waals surface area contributed by atoms with Crippen LogP contribution in [0, 0.1) is 5.92 Å². The van der Waals surface area contributed by atoms with Gasteiger partial charge < -0.3 is 28.6 Å². The van der Waals surface area contributed by atoms with Crippen LogP contribution in [0.2, 0.25) is 0 Å². The third-order valence-electron chi connectivity index (χ3n) is 5.72. The van der Waals surface area contributed by atoms with Crippen molar-refractivity contribution < 1.29 is 33.3 Å². The lowest BCUT2D eigenvalue weighted by molar-refractivity contribution is -0.111. The largest absolute Gasteiger partial charge is 0.493 e. The molecule has 1 saturated heterocycles. The molecule has 0 saturated carbocycles. The first-order valence-corrected chi connectivity index (χ1v) is 12.1. The minimum atomic E-state index is -0.653. The molecule has 0 aromatic heterocycles. The van der Waals surface area contributed by atoms with Crippen molar-refractivity contribution in [3.63, 3.8) is 0 Å². The molecule has 1 heterocycles. The van der Waals surface area contributed by atoms with E-state index in [2.05, 4.69) is 0 Å². The first kappa shape index (κ1) is 28.4. The monoisotopic (exact) mass is 492 g/mol.